The minimum atomic E-state index is -1.40. The second-order valence-electron chi connectivity index (χ2n) is 8.22. The maximum absolute atomic E-state index is 10.8. The Hall–Kier alpha value is -1.84. The first kappa shape index (κ1) is 39.7. The molecule has 0 aliphatic heterocycles. The Labute approximate surface area is 234 Å². The van der Waals surface area contributed by atoms with Gasteiger partial charge in [-0.1, -0.05) is 52.4 Å². The molecular weight excluding hydrogens is 583 g/mol. The SMILES string of the molecule is CCCCCCOC(=O)/C=C\C(=O)[O-].CCCCCCOC(=O)/C=C\C(=O)[O-].CCC[CH2][Sn+2][CH2]CCC. The van der Waals surface area contributed by atoms with E-state index in [0.717, 1.165) is 63.5 Å². The van der Waals surface area contributed by atoms with E-state index in [1.54, 1.807) is 8.87 Å². The number of hydrogen-bond acceptors (Lipinski definition) is 8. The Morgan fingerprint density at radius 2 is 0.892 bits per heavy atom. The molecule has 37 heavy (non-hydrogen) atoms. The molecule has 0 atom stereocenters. The van der Waals surface area contributed by atoms with E-state index in [2.05, 4.69) is 27.7 Å². The van der Waals surface area contributed by atoms with Crippen molar-refractivity contribution in [3.63, 3.8) is 0 Å². The molecule has 0 rings (SSSR count). The normalized spacial score (nSPS) is 10.1. The fraction of sp³-hybridized carbons (Fsp3) is 0.714. The third kappa shape index (κ3) is 44.6. The van der Waals surface area contributed by atoms with Crippen molar-refractivity contribution in [3.8, 4) is 0 Å². The van der Waals surface area contributed by atoms with E-state index in [-0.39, 0.29) is 21.1 Å². The molecule has 0 fully saturated rings. The van der Waals surface area contributed by atoms with E-state index < -0.39 is 23.9 Å². The molecule has 0 N–H and O–H groups in total. The number of esters is 2. The zero-order chi connectivity index (χ0) is 28.6. The van der Waals surface area contributed by atoms with Gasteiger partial charge in [-0.3, -0.25) is 0 Å². The summed E-state index contributed by atoms with van der Waals surface area (Å²) in [7, 11) is 0. The fourth-order valence-corrected chi connectivity index (χ4v) is 6.66. The average Bonchev–Trinajstić information content (AvgIpc) is 2.86. The number of carboxylic acids is 2. The predicted molar refractivity (Wildman–Crippen MR) is 144 cm³/mol. The molecule has 0 aliphatic rings. The molecule has 0 bridgehead atoms. The van der Waals surface area contributed by atoms with E-state index in [9.17, 15) is 29.4 Å². The van der Waals surface area contributed by atoms with Crippen molar-refractivity contribution in [2.75, 3.05) is 13.2 Å². The van der Waals surface area contributed by atoms with E-state index in [1.165, 1.54) is 25.7 Å². The van der Waals surface area contributed by atoms with Gasteiger partial charge in [0.15, 0.2) is 0 Å². The van der Waals surface area contributed by atoms with Crippen molar-refractivity contribution in [3.05, 3.63) is 24.3 Å². The molecule has 0 saturated carbocycles. The summed E-state index contributed by atoms with van der Waals surface area (Å²) in [6.07, 6.45) is 17.0. The van der Waals surface area contributed by atoms with Gasteiger partial charge in [-0.2, -0.15) is 0 Å². The van der Waals surface area contributed by atoms with Crippen LogP contribution < -0.4 is 10.2 Å². The van der Waals surface area contributed by atoms with Gasteiger partial charge in [0.05, 0.1) is 25.2 Å². The maximum atomic E-state index is 10.8. The first-order valence-corrected chi connectivity index (χ1v) is 17.6. The molecule has 0 saturated heterocycles. The van der Waals surface area contributed by atoms with E-state index >= 15 is 0 Å². The van der Waals surface area contributed by atoms with Gasteiger partial charge in [0.2, 0.25) is 0 Å². The molecule has 0 aliphatic carbocycles. The molecule has 0 spiro atoms. The number of carbonyl (C=O) groups is 4. The van der Waals surface area contributed by atoms with Crippen molar-refractivity contribution in [1.29, 1.82) is 0 Å². The third-order valence-corrected chi connectivity index (χ3v) is 8.65. The number of aliphatic carboxylic acids is 2. The summed E-state index contributed by atoms with van der Waals surface area (Å²) in [5.41, 5.74) is 0. The topological polar surface area (TPSA) is 133 Å². The molecule has 0 aromatic carbocycles. The number of carbonyl (C=O) groups excluding carboxylic acids is 4. The predicted octanol–water partition coefficient (Wildman–Crippen LogP) is 3.96. The standard InChI is InChI=1S/2C10H16O4.2C4H9.Sn/c2*1-2-3-4-5-8-14-10(13)7-6-9(11)12;2*1-3-4-2;/h2*6-7H,2-5,8H2,1H3,(H,11,12);2*1,3-4H2,2H3;/q;;;;+2/p-2/b2*7-6-;;;. The molecule has 0 aromatic heterocycles. The van der Waals surface area contributed by atoms with Gasteiger partial charge in [-0.25, -0.2) is 9.59 Å². The summed E-state index contributed by atoms with van der Waals surface area (Å²) < 4.78 is 12.7. The molecule has 0 amide bonds. The van der Waals surface area contributed by atoms with Crippen LogP contribution in [0, 0.1) is 0 Å². The Morgan fingerprint density at radius 3 is 1.19 bits per heavy atom. The molecular formula is C28H48O8Sn. The summed E-state index contributed by atoms with van der Waals surface area (Å²) >= 11 is 0.149. The van der Waals surface area contributed by atoms with Gasteiger partial charge in [-0.15, -0.1) is 0 Å². The molecule has 0 radical (unpaired) electrons. The van der Waals surface area contributed by atoms with Crippen LogP contribution in [-0.4, -0.2) is 58.2 Å². The van der Waals surface area contributed by atoms with Gasteiger partial charge < -0.3 is 29.3 Å². The minimum absolute atomic E-state index is 0.149. The molecule has 0 aromatic rings. The third-order valence-electron chi connectivity index (χ3n) is 4.61. The zero-order valence-electron chi connectivity index (χ0n) is 23.4. The monoisotopic (exact) mass is 632 g/mol. The number of carboxylic acid groups (broad SMARTS) is 2. The van der Waals surface area contributed by atoms with Gasteiger partial charge in [0.25, 0.3) is 0 Å². The van der Waals surface area contributed by atoms with Crippen LogP contribution in [0.5, 0.6) is 0 Å². The Bertz CT molecular complexity index is 565. The van der Waals surface area contributed by atoms with Gasteiger partial charge in [0, 0.05) is 12.2 Å². The van der Waals surface area contributed by atoms with Crippen LogP contribution in [0.4, 0.5) is 0 Å². The van der Waals surface area contributed by atoms with Crippen LogP contribution in [0.1, 0.15) is 105 Å². The van der Waals surface area contributed by atoms with Crippen LogP contribution in [0.25, 0.3) is 0 Å². The van der Waals surface area contributed by atoms with E-state index in [1.807, 2.05) is 0 Å². The fourth-order valence-electron chi connectivity index (χ4n) is 2.50. The van der Waals surface area contributed by atoms with Crippen LogP contribution >= 0.6 is 0 Å². The van der Waals surface area contributed by atoms with Crippen molar-refractivity contribution in [1.82, 2.24) is 0 Å². The number of hydrogen-bond donors (Lipinski definition) is 0. The zero-order valence-corrected chi connectivity index (χ0v) is 26.2. The van der Waals surface area contributed by atoms with Gasteiger partial charge in [0.1, 0.15) is 0 Å². The van der Waals surface area contributed by atoms with E-state index in [4.69, 9.17) is 9.47 Å². The summed E-state index contributed by atoms with van der Waals surface area (Å²) in [5.74, 6) is -4.06. The van der Waals surface area contributed by atoms with E-state index in [0.29, 0.717) is 25.4 Å². The van der Waals surface area contributed by atoms with Crippen molar-refractivity contribution >= 4 is 45.0 Å². The Kier molecular flexibility index (Phi) is 36.6. The number of ether oxygens (including phenoxy) is 2. The molecule has 0 unspecified atom stereocenters. The van der Waals surface area contributed by atoms with Crippen LogP contribution in [-0.2, 0) is 28.7 Å². The molecule has 9 heteroatoms. The second-order valence-corrected chi connectivity index (χ2v) is 12.5. The Balaban J connectivity index is -0.000000481. The van der Waals surface area contributed by atoms with Crippen LogP contribution in [0.15, 0.2) is 24.3 Å². The van der Waals surface area contributed by atoms with Crippen LogP contribution in [0.3, 0.4) is 0 Å². The molecule has 0 heterocycles. The average molecular weight is 631 g/mol. The van der Waals surface area contributed by atoms with Crippen molar-refractivity contribution < 1.29 is 38.9 Å². The summed E-state index contributed by atoms with van der Waals surface area (Å²) in [6, 6.07) is 0. The summed E-state index contributed by atoms with van der Waals surface area (Å²) in [5, 5.41) is 19.8. The van der Waals surface area contributed by atoms with Crippen molar-refractivity contribution in [2.24, 2.45) is 0 Å². The Morgan fingerprint density at radius 1 is 0.541 bits per heavy atom. The van der Waals surface area contributed by atoms with Gasteiger partial charge in [-0.05, 0) is 25.0 Å². The summed E-state index contributed by atoms with van der Waals surface area (Å²) in [4.78, 5) is 41.4. The van der Waals surface area contributed by atoms with Crippen molar-refractivity contribution in [2.45, 2.75) is 114 Å². The number of rotatable bonds is 20. The molecule has 212 valence electrons. The van der Waals surface area contributed by atoms with Crippen LogP contribution in [0.2, 0.25) is 8.87 Å². The van der Waals surface area contributed by atoms with Gasteiger partial charge >= 0.3 is 81.5 Å². The quantitative estimate of drug-likeness (QED) is 0.0854. The summed E-state index contributed by atoms with van der Waals surface area (Å²) in [6.45, 7) is 9.45. The second kappa shape index (κ2) is 34.2. The number of unbranched alkanes of at least 4 members (excludes halogenated alkanes) is 8. The first-order valence-electron chi connectivity index (χ1n) is 13.6. The molecule has 8 nitrogen and oxygen atoms in total. The first-order chi connectivity index (χ1) is 17.7.